The number of hydrogen-bond donors (Lipinski definition) is 7. The lowest BCUT2D eigenvalue weighted by molar-refractivity contribution is -0.384. The van der Waals surface area contributed by atoms with E-state index in [1.807, 2.05) is 0 Å². The lowest BCUT2D eigenvalue weighted by Gasteiger charge is -2.28. The fraction of sp³-hybridized carbons (Fsp3) is 0.556. The van der Waals surface area contributed by atoms with Gasteiger partial charge in [-0.15, -0.1) is 0 Å². The van der Waals surface area contributed by atoms with E-state index < -0.39 is 76.5 Å². The molecule has 1 rings (SSSR count). The van der Waals surface area contributed by atoms with Crippen LogP contribution in [0.15, 0.2) is 24.3 Å². The van der Waals surface area contributed by atoms with Crippen LogP contribution >= 0.6 is 0 Å². The number of anilines is 1. The average molecular weight is 607 g/mol. The first-order chi connectivity index (χ1) is 19.9. The van der Waals surface area contributed by atoms with Crippen molar-refractivity contribution in [2.45, 2.75) is 84.6 Å². The molecular weight excluding hydrogens is 564 g/mol. The van der Waals surface area contributed by atoms with Crippen molar-refractivity contribution >= 4 is 46.8 Å². The van der Waals surface area contributed by atoms with E-state index in [0.29, 0.717) is 0 Å². The number of nitrogens with one attached hydrogen (secondary N) is 5. The minimum absolute atomic E-state index is 0.00188. The van der Waals surface area contributed by atoms with Gasteiger partial charge >= 0.3 is 0 Å². The predicted molar refractivity (Wildman–Crippen MR) is 157 cm³/mol. The molecule has 0 saturated heterocycles. The quantitative estimate of drug-likeness (QED) is 0.0936. The molecule has 0 saturated carbocycles. The molecule has 43 heavy (non-hydrogen) atoms. The maximum atomic E-state index is 13.1. The van der Waals surface area contributed by atoms with E-state index in [9.17, 15) is 38.9 Å². The van der Waals surface area contributed by atoms with Gasteiger partial charge in [0.05, 0.1) is 11.0 Å². The van der Waals surface area contributed by atoms with E-state index in [4.69, 9.17) is 11.5 Å². The maximum absolute atomic E-state index is 13.1. The largest absolute Gasteiger partial charge is 0.370 e. The number of carbonyl (C=O) groups is 6. The molecule has 5 atom stereocenters. The van der Waals surface area contributed by atoms with Gasteiger partial charge in [0.2, 0.25) is 35.4 Å². The highest BCUT2D eigenvalue weighted by atomic mass is 16.6. The SMILES string of the molecule is CC(C)[C@H](NC(=O)[C@H](NC(=O)[C@@H](N)CCC(N)=O)C(C)C)C(=O)N[C@@H](C)C(=O)N[C@@H](C)C(=O)Nc1ccc([N+](=O)[O-])cc1. The smallest absolute Gasteiger partial charge is 0.269 e. The van der Waals surface area contributed by atoms with Crippen LogP contribution in [-0.4, -0.2) is 70.6 Å². The number of non-ortho nitro benzene ring substituents is 1. The molecule has 0 unspecified atom stereocenters. The summed E-state index contributed by atoms with van der Waals surface area (Å²) in [6.45, 7) is 9.57. The molecule has 0 heterocycles. The van der Waals surface area contributed by atoms with Crippen LogP contribution in [0.3, 0.4) is 0 Å². The van der Waals surface area contributed by atoms with E-state index >= 15 is 0 Å². The second-order valence-corrected chi connectivity index (χ2v) is 10.8. The summed E-state index contributed by atoms with van der Waals surface area (Å²) in [6.07, 6.45) is -0.0976. The van der Waals surface area contributed by atoms with Crippen molar-refractivity contribution < 1.29 is 33.7 Å². The van der Waals surface area contributed by atoms with Crippen LogP contribution in [0.25, 0.3) is 0 Å². The van der Waals surface area contributed by atoms with Crippen molar-refractivity contribution in [2.24, 2.45) is 23.3 Å². The van der Waals surface area contributed by atoms with Gasteiger partial charge in [-0.2, -0.15) is 0 Å². The third-order valence-corrected chi connectivity index (χ3v) is 6.38. The Kier molecular flexibility index (Phi) is 14.2. The summed E-state index contributed by atoms with van der Waals surface area (Å²) >= 11 is 0. The highest BCUT2D eigenvalue weighted by Crippen LogP contribution is 2.15. The summed E-state index contributed by atoms with van der Waals surface area (Å²) in [6, 6.07) is -0.161. The molecule has 0 radical (unpaired) electrons. The Labute approximate surface area is 249 Å². The fourth-order valence-corrected chi connectivity index (χ4v) is 3.69. The fourth-order valence-electron chi connectivity index (χ4n) is 3.69. The molecule has 6 amide bonds. The molecule has 0 bridgehead atoms. The Balaban J connectivity index is 2.78. The number of amides is 6. The van der Waals surface area contributed by atoms with Crippen LogP contribution in [0.1, 0.15) is 54.4 Å². The standard InChI is InChI=1S/C27H42N8O8/c1-13(2)21(34-27(41)22(14(3)4)33-25(39)19(28)11-12-20(29)36)26(40)31-15(5)23(37)30-16(6)24(38)32-17-7-9-18(10-8-17)35(42)43/h7-10,13-16,19,21-22H,11-12,28H2,1-6H3,(H2,29,36)(H,30,37)(H,31,40)(H,32,38)(H,33,39)(H,34,41)/t15-,16-,19-,21-,22+/m0/s1. The van der Waals surface area contributed by atoms with Gasteiger partial charge in [0.25, 0.3) is 5.69 Å². The summed E-state index contributed by atoms with van der Waals surface area (Å²) in [5.41, 5.74) is 11.0. The minimum Gasteiger partial charge on any atom is -0.370 e. The van der Waals surface area contributed by atoms with Gasteiger partial charge in [-0.1, -0.05) is 27.7 Å². The number of primary amides is 1. The van der Waals surface area contributed by atoms with Gasteiger partial charge in [-0.3, -0.25) is 38.9 Å². The van der Waals surface area contributed by atoms with Crippen LogP contribution in [-0.2, 0) is 28.8 Å². The first-order valence-corrected chi connectivity index (χ1v) is 13.7. The Morgan fingerprint density at radius 3 is 1.63 bits per heavy atom. The number of rotatable bonds is 16. The molecule has 0 aliphatic rings. The summed E-state index contributed by atoms with van der Waals surface area (Å²) in [7, 11) is 0. The molecule has 9 N–H and O–H groups in total. The van der Waals surface area contributed by atoms with E-state index in [1.54, 1.807) is 27.7 Å². The van der Waals surface area contributed by atoms with Crippen molar-refractivity contribution in [1.82, 2.24) is 21.3 Å². The van der Waals surface area contributed by atoms with Crippen molar-refractivity contribution in [3.05, 3.63) is 34.4 Å². The zero-order chi connectivity index (χ0) is 33.0. The monoisotopic (exact) mass is 606 g/mol. The van der Waals surface area contributed by atoms with Gasteiger partial charge < -0.3 is 38.1 Å². The Hall–Kier alpha value is -4.60. The Morgan fingerprint density at radius 1 is 0.721 bits per heavy atom. The van der Waals surface area contributed by atoms with Crippen molar-refractivity contribution in [1.29, 1.82) is 0 Å². The molecule has 16 heteroatoms. The number of benzene rings is 1. The first-order valence-electron chi connectivity index (χ1n) is 13.7. The van der Waals surface area contributed by atoms with E-state index in [0.717, 1.165) is 0 Å². The Morgan fingerprint density at radius 2 is 1.16 bits per heavy atom. The van der Waals surface area contributed by atoms with Gasteiger partial charge in [0.1, 0.15) is 24.2 Å². The molecule has 16 nitrogen and oxygen atoms in total. The molecule has 0 aromatic heterocycles. The zero-order valence-electron chi connectivity index (χ0n) is 25.1. The third-order valence-electron chi connectivity index (χ3n) is 6.38. The van der Waals surface area contributed by atoms with Crippen LogP contribution in [0.5, 0.6) is 0 Å². The summed E-state index contributed by atoms with van der Waals surface area (Å²) in [5, 5.41) is 23.5. The van der Waals surface area contributed by atoms with E-state index in [1.165, 1.54) is 38.1 Å². The predicted octanol–water partition coefficient (Wildman–Crippen LogP) is -0.583. The van der Waals surface area contributed by atoms with E-state index in [-0.39, 0.29) is 30.1 Å². The zero-order valence-corrected chi connectivity index (χ0v) is 25.1. The van der Waals surface area contributed by atoms with Gasteiger partial charge in [0.15, 0.2) is 0 Å². The molecule has 0 fully saturated rings. The second-order valence-electron chi connectivity index (χ2n) is 10.8. The van der Waals surface area contributed by atoms with Crippen LogP contribution in [0, 0.1) is 22.0 Å². The molecule has 1 aromatic rings. The van der Waals surface area contributed by atoms with Crippen LogP contribution in [0.2, 0.25) is 0 Å². The van der Waals surface area contributed by atoms with Crippen molar-refractivity contribution in [3.8, 4) is 0 Å². The summed E-state index contributed by atoms with van der Waals surface area (Å²) in [5.74, 6) is -4.64. The number of nitrogens with zero attached hydrogens (tertiary/aromatic N) is 1. The Bertz CT molecular complexity index is 1190. The topological polar surface area (TPSA) is 258 Å². The van der Waals surface area contributed by atoms with Gasteiger partial charge in [0, 0.05) is 24.2 Å². The number of nitro benzene ring substituents is 1. The molecule has 1 aromatic carbocycles. The number of carbonyl (C=O) groups excluding carboxylic acids is 6. The highest BCUT2D eigenvalue weighted by molar-refractivity contribution is 5.99. The van der Waals surface area contributed by atoms with Crippen molar-refractivity contribution in [3.63, 3.8) is 0 Å². The minimum atomic E-state index is -1.09. The summed E-state index contributed by atoms with van der Waals surface area (Å²) in [4.78, 5) is 85.0. The number of hydrogen-bond acceptors (Lipinski definition) is 9. The van der Waals surface area contributed by atoms with Crippen LogP contribution in [0.4, 0.5) is 11.4 Å². The highest BCUT2D eigenvalue weighted by Gasteiger charge is 2.32. The van der Waals surface area contributed by atoms with Gasteiger partial charge in [-0.05, 0) is 44.2 Å². The number of nitro groups is 1. The van der Waals surface area contributed by atoms with E-state index in [2.05, 4.69) is 26.6 Å². The van der Waals surface area contributed by atoms with Crippen molar-refractivity contribution in [2.75, 3.05) is 5.32 Å². The maximum Gasteiger partial charge on any atom is 0.269 e. The van der Waals surface area contributed by atoms with Gasteiger partial charge in [-0.25, -0.2) is 0 Å². The number of nitrogens with two attached hydrogens (primary N) is 2. The third kappa shape index (κ3) is 12.0. The normalized spacial score (nSPS) is 14.4. The van der Waals surface area contributed by atoms with Crippen LogP contribution < -0.4 is 38.1 Å². The summed E-state index contributed by atoms with van der Waals surface area (Å²) < 4.78 is 0. The lowest BCUT2D eigenvalue weighted by atomic mass is 9.99. The molecular formula is C27H42N8O8. The second kappa shape index (κ2) is 16.7. The lowest BCUT2D eigenvalue weighted by Crippen LogP contribution is -2.60. The first kappa shape index (κ1) is 36.4. The molecule has 0 aliphatic heterocycles. The average Bonchev–Trinajstić information content (AvgIpc) is 2.92. The molecule has 238 valence electrons. The molecule has 0 aliphatic carbocycles. The molecule has 0 spiro atoms.